The first-order valence-corrected chi connectivity index (χ1v) is 7.74. The van der Waals surface area contributed by atoms with Gasteiger partial charge in [-0.1, -0.05) is 0 Å². The first-order valence-electron chi connectivity index (χ1n) is 7.74. The minimum Gasteiger partial charge on any atom is -0.481 e. The Balaban J connectivity index is 1.61. The molecule has 3 heterocycles. The zero-order valence-electron chi connectivity index (χ0n) is 13.7. The molecule has 0 amide bonds. The molecule has 0 saturated carbocycles. The second kappa shape index (κ2) is 6.76. The molecular formula is C16H21N5O2. The number of aryl methyl sites for hydroxylation is 2. The summed E-state index contributed by atoms with van der Waals surface area (Å²) in [5.41, 5.74) is 1.70. The summed E-state index contributed by atoms with van der Waals surface area (Å²) in [6, 6.07) is 1.75. The molecule has 0 N–H and O–H groups in total. The highest BCUT2D eigenvalue weighted by molar-refractivity contribution is 5.32. The number of aromatic nitrogens is 4. The van der Waals surface area contributed by atoms with E-state index < -0.39 is 0 Å². The molecule has 1 aliphatic rings. The van der Waals surface area contributed by atoms with Gasteiger partial charge < -0.3 is 14.4 Å². The van der Waals surface area contributed by atoms with Gasteiger partial charge in [-0.05, 0) is 13.8 Å². The third-order valence-corrected chi connectivity index (χ3v) is 3.86. The Labute approximate surface area is 135 Å². The van der Waals surface area contributed by atoms with E-state index in [9.17, 15) is 0 Å². The van der Waals surface area contributed by atoms with Crippen LogP contribution in [0.25, 0.3) is 0 Å². The highest BCUT2D eigenvalue weighted by atomic mass is 16.5. The van der Waals surface area contributed by atoms with Gasteiger partial charge >= 0.3 is 0 Å². The standard InChI is InChI=1S/C16H21N5O2/c1-11-10-18-12(2)15(19-11)23-13-5-8-21(9-6-13)16-17-7-4-14(20-16)22-3/h4,7,10,13H,5-6,8-9H2,1-3H3. The molecule has 0 aliphatic carbocycles. The summed E-state index contributed by atoms with van der Waals surface area (Å²) in [4.78, 5) is 19.6. The molecule has 0 aromatic carbocycles. The van der Waals surface area contributed by atoms with E-state index in [0.29, 0.717) is 17.7 Å². The molecule has 2 aromatic rings. The van der Waals surface area contributed by atoms with Crippen LogP contribution in [-0.2, 0) is 0 Å². The topological polar surface area (TPSA) is 73.3 Å². The highest BCUT2D eigenvalue weighted by Crippen LogP contribution is 2.22. The third kappa shape index (κ3) is 3.67. The summed E-state index contributed by atoms with van der Waals surface area (Å²) < 4.78 is 11.2. The Hall–Kier alpha value is -2.44. The number of ether oxygens (including phenoxy) is 2. The Morgan fingerprint density at radius 3 is 2.65 bits per heavy atom. The lowest BCUT2D eigenvalue weighted by Gasteiger charge is -2.32. The van der Waals surface area contributed by atoms with Gasteiger partial charge in [0.25, 0.3) is 0 Å². The number of nitrogens with zero attached hydrogens (tertiary/aromatic N) is 5. The molecule has 1 fully saturated rings. The Morgan fingerprint density at radius 1 is 1.13 bits per heavy atom. The van der Waals surface area contributed by atoms with E-state index in [1.165, 1.54) is 0 Å². The fourth-order valence-corrected chi connectivity index (χ4v) is 2.56. The normalized spacial score (nSPS) is 15.5. The number of anilines is 1. The van der Waals surface area contributed by atoms with Crippen LogP contribution in [0.5, 0.6) is 11.8 Å². The van der Waals surface area contributed by atoms with E-state index in [0.717, 1.165) is 37.3 Å². The van der Waals surface area contributed by atoms with Crippen LogP contribution in [0, 0.1) is 13.8 Å². The maximum atomic E-state index is 6.03. The second-order valence-corrected chi connectivity index (χ2v) is 5.61. The van der Waals surface area contributed by atoms with Crippen molar-refractivity contribution in [1.82, 2.24) is 19.9 Å². The molecule has 1 saturated heterocycles. The highest BCUT2D eigenvalue weighted by Gasteiger charge is 2.23. The average molecular weight is 315 g/mol. The summed E-state index contributed by atoms with van der Waals surface area (Å²) in [7, 11) is 1.61. The minimum absolute atomic E-state index is 0.145. The summed E-state index contributed by atoms with van der Waals surface area (Å²) in [6.07, 6.45) is 5.41. The molecule has 7 heteroatoms. The van der Waals surface area contributed by atoms with E-state index in [4.69, 9.17) is 9.47 Å². The van der Waals surface area contributed by atoms with E-state index in [1.54, 1.807) is 25.6 Å². The van der Waals surface area contributed by atoms with Gasteiger partial charge in [-0.2, -0.15) is 4.98 Å². The molecule has 0 unspecified atom stereocenters. The Bertz CT molecular complexity index is 671. The number of rotatable bonds is 4. The zero-order valence-corrected chi connectivity index (χ0v) is 13.7. The Morgan fingerprint density at radius 2 is 1.91 bits per heavy atom. The van der Waals surface area contributed by atoms with Gasteiger partial charge in [0.2, 0.25) is 17.7 Å². The molecule has 0 atom stereocenters. The van der Waals surface area contributed by atoms with Crippen molar-refractivity contribution in [3.05, 3.63) is 29.8 Å². The van der Waals surface area contributed by atoms with E-state index in [1.807, 2.05) is 13.8 Å². The van der Waals surface area contributed by atoms with Crippen molar-refractivity contribution in [2.24, 2.45) is 0 Å². The molecule has 122 valence electrons. The average Bonchev–Trinajstić information content (AvgIpc) is 2.59. The zero-order chi connectivity index (χ0) is 16.2. The van der Waals surface area contributed by atoms with Crippen molar-refractivity contribution < 1.29 is 9.47 Å². The first-order chi connectivity index (χ1) is 11.2. The first kappa shape index (κ1) is 15.5. The van der Waals surface area contributed by atoms with Crippen LogP contribution >= 0.6 is 0 Å². The summed E-state index contributed by atoms with van der Waals surface area (Å²) in [6.45, 7) is 5.52. The fourth-order valence-electron chi connectivity index (χ4n) is 2.56. The van der Waals surface area contributed by atoms with Gasteiger partial charge in [0, 0.05) is 44.4 Å². The van der Waals surface area contributed by atoms with Crippen molar-refractivity contribution in [3.8, 4) is 11.8 Å². The van der Waals surface area contributed by atoms with Gasteiger partial charge in [0.15, 0.2) is 0 Å². The predicted octanol–water partition coefficient (Wildman–Crippen LogP) is 1.94. The quantitative estimate of drug-likeness (QED) is 0.853. The van der Waals surface area contributed by atoms with Gasteiger partial charge in [-0.15, -0.1) is 0 Å². The van der Waals surface area contributed by atoms with E-state index in [-0.39, 0.29) is 6.10 Å². The monoisotopic (exact) mass is 315 g/mol. The van der Waals surface area contributed by atoms with Crippen LogP contribution in [0.2, 0.25) is 0 Å². The van der Waals surface area contributed by atoms with Crippen molar-refractivity contribution in [2.75, 3.05) is 25.1 Å². The van der Waals surface area contributed by atoms with Crippen molar-refractivity contribution in [1.29, 1.82) is 0 Å². The largest absolute Gasteiger partial charge is 0.481 e. The van der Waals surface area contributed by atoms with Crippen LogP contribution in [0.1, 0.15) is 24.2 Å². The predicted molar refractivity (Wildman–Crippen MR) is 86.0 cm³/mol. The van der Waals surface area contributed by atoms with Crippen molar-refractivity contribution in [2.45, 2.75) is 32.8 Å². The molecule has 0 bridgehead atoms. The molecule has 23 heavy (non-hydrogen) atoms. The smallest absolute Gasteiger partial charge is 0.235 e. The van der Waals surface area contributed by atoms with Gasteiger partial charge in [-0.3, -0.25) is 4.98 Å². The summed E-state index contributed by atoms with van der Waals surface area (Å²) >= 11 is 0. The molecule has 7 nitrogen and oxygen atoms in total. The summed E-state index contributed by atoms with van der Waals surface area (Å²) in [5.74, 6) is 1.93. The van der Waals surface area contributed by atoms with Gasteiger partial charge in [-0.25, -0.2) is 9.97 Å². The number of hydrogen-bond acceptors (Lipinski definition) is 7. The maximum Gasteiger partial charge on any atom is 0.235 e. The fraction of sp³-hybridized carbons (Fsp3) is 0.500. The van der Waals surface area contributed by atoms with Crippen LogP contribution in [-0.4, -0.2) is 46.2 Å². The Kier molecular flexibility index (Phi) is 4.55. The van der Waals surface area contributed by atoms with Gasteiger partial charge in [0.1, 0.15) is 6.10 Å². The van der Waals surface area contributed by atoms with Crippen molar-refractivity contribution in [3.63, 3.8) is 0 Å². The molecule has 0 spiro atoms. The second-order valence-electron chi connectivity index (χ2n) is 5.61. The van der Waals surface area contributed by atoms with E-state index >= 15 is 0 Å². The number of piperidine rings is 1. The molecule has 0 radical (unpaired) electrons. The molecule has 2 aromatic heterocycles. The lowest BCUT2D eigenvalue weighted by atomic mass is 10.1. The molecule has 3 rings (SSSR count). The minimum atomic E-state index is 0.145. The maximum absolute atomic E-state index is 6.03. The van der Waals surface area contributed by atoms with Crippen LogP contribution in [0.15, 0.2) is 18.5 Å². The van der Waals surface area contributed by atoms with Crippen LogP contribution < -0.4 is 14.4 Å². The lowest BCUT2D eigenvalue weighted by molar-refractivity contribution is 0.161. The number of hydrogen-bond donors (Lipinski definition) is 0. The molecule has 1 aliphatic heterocycles. The van der Waals surface area contributed by atoms with Crippen LogP contribution in [0.4, 0.5) is 5.95 Å². The molecular weight excluding hydrogens is 294 g/mol. The number of methoxy groups -OCH3 is 1. The van der Waals surface area contributed by atoms with Gasteiger partial charge in [0.05, 0.1) is 18.5 Å². The lowest BCUT2D eigenvalue weighted by Crippen LogP contribution is -2.39. The third-order valence-electron chi connectivity index (χ3n) is 3.86. The van der Waals surface area contributed by atoms with E-state index in [2.05, 4.69) is 24.8 Å². The summed E-state index contributed by atoms with van der Waals surface area (Å²) in [5, 5.41) is 0. The SMILES string of the molecule is COc1ccnc(N2CCC(Oc3nc(C)cnc3C)CC2)n1. The van der Waals surface area contributed by atoms with Crippen LogP contribution in [0.3, 0.4) is 0 Å². The van der Waals surface area contributed by atoms with Crippen molar-refractivity contribution >= 4 is 5.95 Å².